The fraction of sp³-hybridized carbons (Fsp3) is 0.543. The number of hydrogen-bond acceptors (Lipinski definition) is 14. The molecule has 0 radical (unpaired) electrons. The summed E-state index contributed by atoms with van der Waals surface area (Å²) in [4.78, 5) is 53.2. The number of urea groups is 1. The Morgan fingerprint density at radius 3 is 2.41 bits per heavy atom. The molecule has 1 aliphatic rings. The van der Waals surface area contributed by atoms with Crippen molar-refractivity contribution in [3.63, 3.8) is 0 Å². The highest BCUT2D eigenvalue weighted by molar-refractivity contribution is 5.87. The Balaban J connectivity index is 1.28. The molecule has 0 bridgehead atoms. The third kappa shape index (κ3) is 12.0. The van der Waals surface area contributed by atoms with Gasteiger partial charge in [-0.05, 0) is 17.7 Å². The molecule has 54 heavy (non-hydrogen) atoms. The molecule has 19 heteroatoms. The van der Waals surface area contributed by atoms with Crippen LogP contribution in [-0.2, 0) is 35.0 Å². The van der Waals surface area contributed by atoms with E-state index in [-0.39, 0.29) is 58.3 Å². The van der Waals surface area contributed by atoms with Crippen molar-refractivity contribution in [2.75, 3.05) is 85.4 Å². The number of aliphatic hydroxyl groups excluding tert-OH is 2. The second kappa shape index (κ2) is 21.6. The van der Waals surface area contributed by atoms with Crippen molar-refractivity contribution in [3.8, 4) is 18.1 Å². The van der Waals surface area contributed by atoms with Gasteiger partial charge < -0.3 is 60.1 Å². The van der Waals surface area contributed by atoms with E-state index in [0.29, 0.717) is 35.9 Å². The number of ether oxygens (including phenoxy) is 5. The molecule has 0 aliphatic carbocycles. The number of imidazole rings is 1. The summed E-state index contributed by atoms with van der Waals surface area (Å²) in [5.41, 5.74) is 1.61. The van der Waals surface area contributed by atoms with E-state index in [0.717, 1.165) is 5.56 Å². The fourth-order valence-corrected chi connectivity index (χ4v) is 5.55. The van der Waals surface area contributed by atoms with Crippen LogP contribution < -0.4 is 30.9 Å². The van der Waals surface area contributed by atoms with Crippen LogP contribution in [0.3, 0.4) is 0 Å². The molecule has 1 aliphatic heterocycles. The Morgan fingerprint density at radius 2 is 1.74 bits per heavy atom. The lowest BCUT2D eigenvalue weighted by molar-refractivity contribution is -0.125. The Kier molecular flexibility index (Phi) is 16.6. The van der Waals surface area contributed by atoms with E-state index in [4.69, 9.17) is 30.1 Å². The molecule has 6 N–H and O–H groups in total. The highest BCUT2D eigenvalue weighted by atomic mass is 16.5. The smallest absolute Gasteiger partial charge is 0.315 e. The van der Waals surface area contributed by atoms with E-state index in [1.807, 2.05) is 14.1 Å². The number of amides is 4. The van der Waals surface area contributed by atoms with Crippen molar-refractivity contribution in [1.82, 2.24) is 40.8 Å². The van der Waals surface area contributed by atoms with Crippen LogP contribution in [0.4, 0.5) is 10.6 Å². The van der Waals surface area contributed by atoms with Gasteiger partial charge in [0.2, 0.25) is 11.8 Å². The number of nitrogens with zero attached hydrogens (tertiary/aromatic N) is 5. The molecule has 1 saturated heterocycles. The van der Waals surface area contributed by atoms with E-state index in [1.54, 1.807) is 36.3 Å². The van der Waals surface area contributed by atoms with Gasteiger partial charge >= 0.3 is 6.03 Å². The molecule has 2 aromatic heterocycles. The molecular weight excluding hydrogens is 706 g/mol. The van der Waals surface area contributed by atoms with Gasteiger partial charge in [-0.15, -0.1) is 6.42 Å². The number of anilines is 1. The topological polar surface area (TPSA) is 233 Å². The quantitative estimate of drug-likeness (QED) is 0.0519. The largest absolute Gasteiger partial charge is 0.497 e. The number of methoxy groups -OCH3 is 1. The molecule has 4 rings (SSSR count). The second-order valence-electron chi connectivity index (χ2n) is 12.3. The summed E-state index contributed by atoms with van der Waals surface area (Å²) in [5.74, 6) is 2.75. The van der Waals surface area contributed by atoms with Gasteiger partial charge in [0.1, 0.15) is 36.9 Å². The standard InChI is InChI=1S/C35H49N9O10/c1-5-13-51-14-10-27(46)36-11-15-52-17-18-53-16-12-37-35(49)41-25(19-23-6-8-24(50-4)9-7-23)33(48)42-28-26(20-45)54-34(30(28)47)44-22-40-29-31(43(2)3)38-21-39-32(29)44/h1,6-9,21-22,25-26,28,30,34,45,47H,10-20H2,2-4H3,(H,36,46)(H,42,48)(H2,37,41,49)/t25-,26+,28+,30+,34?/m0/s1. The summed E-state index contributed by atoms with van der Waals surface area (Å²) >= 11 is 0. The third-order valence-electron chi connectivity index (χ3n) is 8.25. The van der Waals surface area contributed by atoms with Crippen LogP contribution in [0.5, 0.6) is 5.75 Å². The van der Waals surface area contributed by atoms with Crippen LogP contribution in [-0.4, -0.2) is 152 Å². The van der Waals surface area contributed by atoms with Crippen LogP contribution in [0.25, 0.3) is 11.2 Å². The first kappa shape index (κ1) is 41.7. The molecule has 0 spiro atoms. The van der Waals surface area contributed by atoms with E-state index in [9.17, 15) is 24.6 Å². The Morgan fingerprint density at radius 1 is 1.02 bits per heavy atom. The van der Waals surface area contributed by atoms with Crippen molar-refractivity contribution >= 4 is 34.8 Å². The number of carbonyl (C=O) groups is 3. The van der Waals surface area contributed by atoms with Gasteiger partial charge in [0.05, 0.1) is 65.5 Å². The minimum absolute atomic E-state index is 0.102. The van der Waals surface area contributed by atoms with E-state index in [1.165, 1.54) is 17.2 Å². The van der Waals surface area contributed by atoms with E-state index >= 15 is 0 Å². The molecule has 294 valence electrons. The van der Waals surface area contributed by atoms with Gasteiger partial charge in [-0.25, -0.2) is 19.7 Å². The predicted octanol–water partition coefficient (Wildman–Crippen LogP) is -1.26. The van der Waals surface area contributed by atoms with Gasteiger partial charge in [0, 0.05) is 33.6 Å². The minimum Gasteiger partial charge on any atom is -0.497 e. The van der Waals surface area contributed by atoms with Gasteiger partial charge in [0.15, 0.2) is 23.2 Å². The lowest BCUT2D eigenvalue weighted by Crippen LogP contribution is -2.57. The van der Waals surface area contributed by atoms with E-state index < -0.39 is 49.1 Å². The van der Waals surface area contributed by atoms with Crippen molar-refractivity contribution < 1.29 is 48.3 Å². The number of carbonyl (C=O) groups excluding carboxylic acids is 3. The Hall–Kier alpha value is -5.10. The fourth-order valence-electron chi connectivity index (χ4n) is 5.55. The maximum Gasteiger partial charge on any atom is 0.315 e. The molecule has 1 unspecified atom stereocenters. The van der Waals surface area contributed by atoms with Crippen molar-refractivity contribution in [1.29, 1.82) is 0 Å². The molecule has 1 fully saturated rings. The maximum absolute atomic E-state index is 13.8. The highest BCUT2D eigenvalue weighted by Gasteiger charge is 2.46. The SMILES string of the molecule is C#CCOCCC(=O)NCCOCCOCCNC(=O)N[C@@H](Cc1ccc(OC)cc1)C(=O)N[C@@H]1[C@@H](CO)OC(n2cnc3c(N(C)C)ncnc32)[C@@H]1O. The number of benzene rings is 1. The maximum atomic E-state index is 13.8. The zero-order valence-corrected chi connectivity index (χ0v) is 30.6. The van der Waals surface area contributed by atoms with Crippen molar-refractivity contribution in [2.45, 2.75) is 43.4 Å². The van der Waals surface area contributed by atoms with Crippen LogP contribution in [0.15, 0.2) is 36.9 Å². The number of aromatic nitrogens is 4. The second-order valence-corrected chi connectivity index (χ2v) is 12.3. The Labute approximate surface area is 313 Å². The highest BCUT2D eigenvalue weighted by Crippen LogP contribution is 2.32. The number of rotatable bonds is 22. The van der Waals surface area contributed by atoms with Crippen molar-refractivity contribution in [2.24, 2.45) is 0 Å². The normalized spacial score (nSPS) is 18.4. The lowest BCUT2D eigenvalue weighted by atomic mass is 10.0. The minimum atomic E-state index is -1.32. The molecule has 3 aromatic rings. The zero-order valence-electron chi connectivity index (χ0n) is 30.6. The summed E-state index contributed by atoms with van der Waals surface area (Å²) in [6.45, 7) is 1.40. The van der Waals surface area contributed by atoms with E-state index in [2.05, 4.69) is 42.1 Å². The number of fused-ring (bicyclic) bond motifs is 1. The van der Waals surface area contributed by atoms with Gasteiger partial charge in [-0.2, -0.15) is 0 Å². The summed E-state index contributed by atoms with van der Waals surface area (Å²) in [6.07, 6.45) is 4.88. The summed E-state index contributed by atoms with van der Waals surface area (Å²) in [5, 5.41) is 32.5. The molecule has 19 nitrogen and oxygen atoms in total. The average molecular weight is 756 g/mol. The average Bonchev–Trinajstić information content (AvgIpc) is 3.74. The summed E-state index contributed by atoms with van der Waals surface area (Å²) in [6, 6.07) is 4.27. The van der Waals surface area contributed by atoms with Crippen LogP contribution in [0.1, 0.15) is 18.2 Å². The summed E-state index contributed by atoms with van der Waals surface area (Å²) < 4.78 is 28.8. The number of nitrogens with one attached hydrogen (secondary N) is 4. The van der Waals surface area contributed by atoms with Crippen molar-refractivity contribution in [3.05, 3.63) is 42.5 Å². The van der Waals surface area contributed by atoms with Crippen LogP contribution >= 0.6 is 0 Å². The number of terminal acetylenes is 1. The first-order chi connectivity index (χ1) is 26.2. The first-order valence-corrected chi connectivity index (χ1v) is 17.4. The Bertz CT molecular complexity index is 1680. The first-order valence-electron chi connectivity index (χ1n) is 17.4. The molecular formula is C35H49N9O10. The van der Waals surface area contributed by atoms with Gasteiger partial charge in [-0.1, -0.05) is 18.1 Å². The molecule has 4 amide bonds. The van der Waals surface area contributed by atoms with Gasteiger partial charge in [-0.3, -0.25) is 14.2 Å². The van der Waals surface area contributed by atoms with Gasteiger partial charge in [0.25, 0.3) is 0 Å². The zero-order chi connectivity index (χ0) is 38.9. The molecule has 1 aromatic carbocycles. The van der Waals surface area contributed by atoms with Crippen LogP contribution in [0.2, 0.25) is 0 Å². The monoisotopic (exact) mass is 755 g/mol. The molecule has 3 heterocycles. The third-order valence-corrected chi connectivity index (χ3v) is 8.25. The number of aliphatic hydroxyl groups is 2. The lowest BCUT2D eigenvalue weighted by Gasteiger charge is -2.25. The summed E-state index contributed by atoms with van der Waals surface area (Å²) in [7, 11) is 5.17. The molecule has 0 saturated carbocycles. The predicted molar refractivity (Wildman–Crippen MR) is 195 cm³/mol. The van der Waals surface area contributed by atoms with Crippen LogP contribution in [0, 0.1) is 12.3 Å². The molecule has 5 atom stereocenters. The number of hydrogen-bond donors (Lipinski definition) is 6.